The summed E-state index contributed by atoms with van der Waals surface area (Å²) in [6.45, 7) is 3.87. The van der Waals surface area contributed by atoms with Crippen LogP contribution in [0.4, 0.5) is 0 Å². The second kappa shape index (κ2) is 4.30. The van der Waals surface area contributed by atoms with Crippen molar-refractivity contribution in [2.45, 2.75) is 32.4 Å². The third-order valence-corrected chi connectivity index (χ3v) is 2.70. The maximum Gasteiger partial charge on any atom is 0.274 e. The van der Waals surface area contributed by atoms with Crippen LogP contribution in [0.2, 0.25) is 0 Å². The van der Waals surface area contributed by atoms with Crippen LogP contribution in [0.3, 0.4) is 0 Å². The number of fused-ring (bicyclic) bond motifs is 1. The lowest BCUT2D eigenvalue weighted by Crippen LogP contribution is -2.28. The third kappa shape index (κ3) is 2.71. The van der Waals surface area contributed by atoms with E-state index in [1.807, 2.05) is 18.2 Å². The first-order valence-electron chi connectivity index (χ1n) is 5.65. The molecule has 0 spiro atoms. The molecule has 0 aliphatic rings. The SMILES string of the molecule is CC(C)(O)CCn1ncc2ccccc2c1=O. The van der Waals surface area contributed by atoms with Crippen LogP contribution in [0.15, 0.2) is 35.3 Å². The number of rotatable bonds is 3. The zero-order chi connectivity index (χ0) is 12.5. The highest BCUT2D eigenvalue weighted by Crippen LogP contribution is 2.09. The van der Waals surface area contributed by atoms with E-state index < -0.39 is 5.60 Å². The minimum absolute atomic E-state index is 0.104. The predicted octanol–water partition coefficient (Wildman–Crippen LogP) is 1.56. The third-order valence-electron chi connectivity index (χ3n) is 2.70. The van der Waals surface area contributed by atoms with Crippen LogP contribution in [-0.2, 0) is 6.54 Å². The molecule has 0 aliphatic carbocycles. The molecule has 1 aromatic heterocycles. The maximum atomic E-state index is 12.1. The average molecular weight is 232 g/mol. The largest absolute Gasteiger partial charge is 0.390 e. The van der Waals surface area contributed by atoms with E-state index in [2.05, 4.69) is 5.10 Å². The Morgan fingerprint density at radius 2 is 2.06 bits per heavy atom. The lowest BCUT2D eigenvalue weighted by Gasteiger charge is -2.16. The Morgan fingerprint density at radius 3 is 2.76 bits per heavy atom. The van der Waals surface area contributed by atoms with Crippen molar-refractivity contribution in [3.63, 3.8) is 0 Å². The van der Waals surface area contributed by atoms with Gasteiger partial charge in [-0.25, -0.2) is 4.68 Å². The summed E-state index contributed by atoms with van der Waals surface area (Å²) >= 11 is 0. The number of aliphatic hydroxyl groups is 1. The lowest BCUT2D eigenvalue weighted by atomic mass is 10.1. The van der Waals surface area contributed by atoms with Crippen molar-refractivity contribution >= 4 is 10.8 Å². The summed E-state index contributed by atoms with van der Waals surface area (Å²) in [5, 5.41) is 15.3. The van der Waals surface area contributed by atoms with Gasteiger partial charge in [-0.15, -0.1) is 0 Å². The highest BCUT2D eigenvalue weighted by molar-refractivity contribution is 5.80. The van der Waals surface area contributed by atoms with E-state index in [1.165, 1.54) is 4.68 Å². The predicted molar refractivity (Wildman–Crippen MR) is 66.9 cm³/mol. The minimum Gasteiger partial charge on any atom is -0.390 e. The molecule has 0 saturated heterocycles. The molecule has 2 rings (SSSR count). The first kappa shape index (κ1) is 11.8. The minimum atomic E-state index is -0.785. The standard InChI is InChI=1S/C13H16N2O2/c1-13(2,17)7-8-15-12(16)11-6-4-3-5-10(11)9-14-15/h3-6,9,17H,7-8H2,1-2H3. The molecule has 0 fully saturated rings. The molecule has 0 radical (unpaired) electrons. The molecule has 0 atom stereocenters. The van der Waals surface area contributed by atoms with Crippen LogP contribution in [0.1, 0.15) is 20.3 Å². The van der Waals surface area contributed by atoms with Crippen LogP contribution in [0.5, 0.6) is 0 Å². The molecular formula is C13H16N2O2. The molecule has 1 heterocycles. The molecule has 2 aromatic rings. The fourth-order valence-corrected chi connectivity index (χ4v) is 1.67. The Hall–Kier alpha value is -1.68. The van der Waals surface area contributed by atoms with E-state index in [4.69, 9.17) is 0 Å². The van der Waals surface area contributed by atoms with Crippen LogP contribution in [0.25, 0.3) is 10.8 Å². The maximum absolute atomic E-state index is 12.1. The van der Waals surface area contributed by atoms with Crippen molar-refractivity contribution < 1.29 is 5.11 Å². The zero-order valence-corrected chi connectivity index (χ0v) is 10.1. The molecule has 90 valence electrons. The second-order valence-electron chi connectivity index (χ2n) is 4.82. The molecular weight excluding hydrogens is 216 g/mol. The zero-order valence-electron chi connectivity index (χ0n) is 10.1. The number of benzene rings is 1. The van der Waals surface area contributed by atoms with Crippen molar-refractivity contribution in [3.8, 4) is 0 Å². The first-order valence-corrected chi connectivity index (χ1v) is 5.65. The molecule has 0 amide bonds. The van der Waals surface area contributed by atoms with Gasteiger partial charge in [0.1, 0.15) is 0 Å². The summed E-state index contributed by atoms with van der Waals surface area (Å²) in [6.07, 6.45) is 2.18. The number of nitrogens with zero attached hydrogens (tertiary/aromatic N) is 2. The van der Waals surface area contributed by atoms with Gasteiger partial charge in [0, 0.05) is 11.9 Å². The van der Waals surface area contributed by atoms with E-state index in [-0.39, 0.29) is 5.56 Å². The summed E-state index contributed by atoms with van der Waals surface area (Å²) in [5.74, 6) is 0. The van der Waals surface area contributed by atoms with Gasteiger partial charge in [0.25, 0.3) is 5.56 Å². The van der Waals surface area contributed by atoms with Crippen molar-refractivity contribution in [1.82, 2.24) is 9.78 Å². The van der Waals surface area contributed by atoms with Crippen LogP contribution < -0.4 is 5.56 Å². The summed E-state index contributed by atoms with van der Waals surface area (Å²) in [4.78, 5) is 12.1. The normalized spacial score (nSPS) is 11.9. The summed E-state index contributed by atoms with van der Waals surface area (Å²) in [5.41, 5.74) is -0.889. The Kier molecular flexibility index (Phi) is 2.98. The lowest BCUT2D eigenvalue weighted by molar-refractivity contribution is 0.0647. The number of hydrogen-bond acceptors (Lipinski definition) is 3. The molecule has 1 aromatic carbocycles. The van der Waals surface area contributed by atoms with Gasteiger partial charge in [-0.1, -0.05) is 18.2 Å². The topological polar surface area (TPSA) is 55.1 Å². The van der Waals surface area contributed by atoms with E-state index in [9.17, 15) is 9.90 Å². The Morgan fingerprint density at radius 1 is 1.35 bits per heavy atom. The van der Waals surface area contributed by atoms with Crippen LogP contribution in [0, 0.1) is 0 Å². The van der Waals surface area contributed by atoms with E-state index in [0.717, 1.165) is 5.39 Å². The smallest absolute Gasteiger partial charge is 0.274 e. The van der Waals surface area contributed by atoms with Crippen molar-refractivity contribution in [2.24, 2.45) is 0 Å². The Bertz CT molecular complexity index is 582. The second-order valence-corrected chi connectivity index (χ2v) is 4.82. The van der Waals surface area contributed by atoms with E-state index in [1.54, 1.807) is 26.1 Å². The fraction of sp³-hybridized carbons (Fsp3) is 0.385. The molecule has 0 aliphatic heterocycles. The van der Waals surface area contributed by atoms with E-state index in [0.29, 0.717) is 18.4 Å². The van der Waals surface area contributed by atoms with Crippen molar-refractivity contribution in [1.29, 1.82) is 0 Å². The molecule has 4 nitrogen and oxygen atoms in total. The number of aromatic nitrogens is 2. The highest BCUT2D eigenvalue weighted by atomic mass is 16.3. The van der Waals surface area contributed by atoms with E-state index >= 15 is 0 Å². The first-order chi connectivity index (χ1) is 7.97. The van der Waals surface area contributed by atoms with Gasteiger partial charge in [0.2, 0.25) is 0 Å². The van der Waals surface area contributed by atoms with Gasteiger partial charge in [-0.3, -0.25) is 4.79 Å². The van der Waals surface area contributed by atoms with Gasteiger partial charge >= 0.3 is 0 Å². The monoisotopic (exact) mass is 232 g/mol. The highest BCUT2D eigenvalue weighted by Gasteiger charge is 2.13. The van der Waals surface area contributed by atoms with Crippen molar-refractivity contribution in [3.05, 3.63) is 40.8 Å². The van der Waals surface area contributed by atoms with Crippen molar-refractivity contribution in [2.75, 3.05) is 0 Å². The molecule has 4 heteroatoms. The number of hydrogen-bond donors (Lipinski definition) is 1. The Labute approximate surface area is 99.5 Å². The molecule has 17 heavy (non-hydrogen) atoms. The molecule has 1 N–H and O–H groups in total. The summed E-state index contributed by atoms with van der Waals surface area (Å²) in [7, 11) is 0. The quantitative estimate of drug-likeness (QED) is 0.873. The van der Waals surface area contributed by atoms with Crippen LogP contribution in [-0.4, -0.2) is 20.5 Å². The molecule has 0 saturated carbocycles. The molecule has 0 unspecified atom stereocenters. The van der Waals surface area contributed by atoms with Gasteiger partial charge in [-0.2, -0.15) is 5.10 Å². The summed E-state index contributed by atoms with van der Waals surface area (Å²) < 4.78 is 1.40. The van der Waals surface area contributed by atoms with Gasteiger partial charge in [0.15, 0.2) is 0 Å². The summed E-state index contributed by atoms with van der Waals surface area (Å²) in [6, 6.07) is 7.37. The Balaban J connectivity index is 2.37. The average Bonchev–Trinajstić information content (AvgIpc) is 2.27. The number of aryl methyl sites for hydroxylation is 1. The molecule has 0 bridgehead atoms. The van der Waals surface area contributed by atoms with Gasteiger partial charge < -0.3 is 5.11 Å². The van der Waals surface area contributed by atoms with Gasteiger partial charge in [-0.05, 0) is 26.3 Å². The van der Waals surface area contributed by atoms with Crippen LogP contribution >= 0.6 is 0 Å². The fourth-order valence-electron chi connectivity index (χ4n) is 1.67. The van der Waals surface area contributed by atoms with Gasteiger partial charge in [0.05, 0.1) is 17.2 Å².